The van der Waals surface area contributed by atoms with Gasteiger partial charge in [-0.3, -0.25) is 9.59 Å². The monoisotopic (exact) mass is 204 g/mol. The minimum absolute atomic E-state index is 0.302. The van der Waals surface area contributed by atoms with Gasteiger partial charge >= 0.3 is 11.9 Å². The fourth-order valence-corrected chi connectivity index (χ4v) is 0.738. The molecule has 0 fully saturated rings. The summed E-state index contributed by atoms with van der Waals surface area (Å²) in [7, 11) is 1.29. The van der Waals surface area contributed by atoms with Crippen LogP contribution in [0.4, 0.5) is 0 Å². The van der Waals surface area contributed by atoms with Crippen molar-refractivity contribution in [3.05, 3.63) is 0 Å². The summed E-state index contributed by atoms with van der Waals surface area (Å²) in [5, 5.41) is 8.40. The smallest absolute Gasteiger partial charge is 0.332 e. The van der Waals surface area contributed by atoms with E-state index in [4.69, 9.17) is 5.11 Å². The lowest BCUT2D eigenvalue weighted by Gasteiger charge is -2.12. The number of carboxylic acid groups (broad SMARTS) is 1. The van der Waals surface area contributed by atoms with Crippen molar-refractivity contribution >= 4 is 17.7 Å². The Hall–Kier alpha value is -1.43. The lowest BCUT2D eigenvalue weighted by Crippen LogP contribution is -2.29. The molecule has 0 aliphatic heterocycles. The van der Waals surface area contributed by atoms with Crippen molar-refractivity contribution < 1.29 is 29.0 Å². The van der Waals surface area contributed by atoms with Gasteiger partial charge in [0.05, 0.1) is 6.42 Å². The van der Waals surface area contributed by atoms with Gasteiger partial charge in [0, 0.05) is 7.11 Å². The second-order valence-corrected chi connectivity index (χ2v) is 2.62. The number of hydrogen-bond donors (Lipinski definition) is 1. The molecule has 0 aliphatic rings. The van der Waals surface area contributed by atoms with Gasteiger partial charge in [-0.05, 0) is 6.92 Å². The fourth-order valence-electron chi connectivity index (χ4n) is 0.738. The number of carbonyl (C=O) groups excluding carboxylic acids is 2. The first kappa shape index (κ1) is 12.6. The fraction of sp³-hybridized carbons (Fsp3) is 0.625. The number of Topliss-reactive ketones (excluding diaryl/α,β-unsaturated/α-hetero) is 1. The van der Waals surface area contributed by atoms with Gasteiger partial charge in [0.25, 0.3) is 0 Å². The van der Waals surface area contributed by atoms with Crippen LogP contribution >= 0.6 is 0 Å². The molecule has 1 N–H and O–H groups in total. The van der Waals surface area contributed by atoms with E-state index in [0.29, 0.717) is 0 Å². The number of rotatable bonds is 6. The first-order valence-electron chi connectivity index (χ1n) is 3.88. The second kappa shape index (κ2) is 6.09. The Morgan fingerprint density at radius 2 is 1.93 bits per heavy atom. The molecular formula is C8H12O6. The van der Waals surface area contributed by atoms with E-state index in [-0.39, 0.29) is 6.61 Å². The van der Waals surface area contributed by atoms with E-state index in [9.17, 15) is 14.4 Å². The highest BCUT2D eigenvalue weighted by Gasteiger charge is 2.22. The average molecular weight is 204 g/mol. The Balaban J connectivity index is 4.16. The number of esters is 1. The molecule has 0 aromatic carbocycles. The molecule has 6 heteroatoms. The number of ether oxygens (including phenoxy) is 2. The predicted octanol–water partition coefficient (Wildman–Crippen LogP) is -0.392. The van der Waals surface area contributed by atoms with Crippen LogP contribution in [0, 0.1) is 0 Å². The lowest BCUT2D eigenvalue weighted by molar-refractivity contribution is -0.161. The average Bonchev–Trinajstić information content (AvgIpc) is 2.02. The van der Waals surface area contributed by atoms with Crippen LogP contribution in [0.15, 0.2) is 0 Å². The summed E-state index contributed by atoms with van der Waals surface area (Å²) in [6.45, 7) is 0.858. The summed E-state index contributed by atoms with van der Waals surface area (Å²) in [6.07, 6.45) is -1.75. The Kier molecular flexibility index (Phi) is 5.47. The first-order valence-corrected chi connectivity index (χ1v) is 3.88. The third-order valence-corrected chi connectivity index (χ3v) is 1.35. The molecule has 0 rings (SSSR count). The van der Waals surface area contributed by atoms with E-state index in [1.54, 1.807) is 0 Å². The molecule has 0 aromatic rings. The molecule has 0 aliphatic carbocycles. The maximum atomic E-state index is 10.8. The van der Waals surface area contributed by atoms with Crippen molar-refractivity contribution in [1.29, 1.82) is 0 Å². The maximum Gasteiger partial charge on any atom is 0.332 e. The zero-order valence-corrected chi connectivity index (χ0v) is 7.98. The number of carbonyl (C=O) groups is 3. The number of aliphatic carboxylic acids is 1. The quantitative estimate of drug-likeness (QED) is 0.592. The Morgan fingerprint density at radius 3 is 2.29 bits per heavy atom. The molecular weight excluding hydrogens is 192 g/mol. The maximum absolute atomic E-state index is 10.8. The van der Waals surface area contributed by atoms with Crippen molar-refractivity contribution in [2.75, 3.05) is 13.7 Å². The zero-order chi connectivity index (χ0) is 11.1. The molecule has 0 amide bonds. The van der Waals surface area contributed by atoms with Crippen LogP contribution in [-0.4, -0.2) is 42.6 Å². The van der Waals surface area contributed by atoms with Gasteiger partial charge in [-0.15, -0.1) is 0 Å². The van der Waals surface area contributed by atoms with Gasteiger partial charge in [0.1, 0.15) is 6.61 Å². The third-order valence-electron chi connectivity index (χ3n) is 1.35. The summed E-state index contributed by atoms with van der Waals surface area (Å²) >= 11 is 0. The van der Waals surface area contributed by atoms with Crippen LogP contribution in [0.1, 0.15) is 13.3 Å². The number of carboxylic acids is 1. The summed E-state index contributed by atoms with van der Waals surface area (Å²) in [5.41, 5.74) is 0. The summed E-state index contributed by atoms with van der Waals surface area (Å²) < 4.78 is 9.02. The Labute approximate surface area is 80.8 Å². The van der Waals surface area contributed by atoms with Crippen LogP contribution in [0.25, 0.3) is 0 Å². The van der Waals surface area contributed by atoms with E-state index in [1.807, 2.05) is 0 Å². The van der Waals surface area contributed by atoms with Crippen LogP contribution in [0.2, 0.25) is 0 Å². The Bertz CT molecular complexity index is 234. The zero-order valence-electron chi connectivity index (χ0n) is 7.98. The van der Waals surface area contributed by atoms with E-state index < -0.39 is 30.2 Å². The van der Waals surface area contributed by atoms with Gasteiger partial charge in [-0.2, -0.15) is 0 Å². The van der Waals surface area contributed by atoms with Crippen LogP contribution < -0.4 is 0 Å². The largest absolute Gasteiger partial charge is 0.481 e. The van der Waals surface area contributed by atoms with Gasteiger partial charge in [0.2, 0.25) is 0 Å². The van der Waals surface area contributed by atoms with Crippen LogP contribution in [0.3, 0.4) is 0 Å². The molecule has 6 nitrogen and oxygen atoms in total. The molecule has 80 valence electrons. The highest BCUT2D eigenvalue weighted by Crippen LogP contribution is 2.01. The van der Waals surface area contributed by atoms with Gasteiger partial charge < -0.3 is 14.6 Å². The molecule has 1 atom stereocenters. The lowest BCUT2D eigenvalue weighted by atomic mass is 10.2. The van der Waals surface area contributed by atoms with Crippen molar-refractivity contribution in [1.82, 2.24) is 0 Å². The van der Waals surface area contributed by atoms with E-state index in [2.05, 4.69) is 9.47 Å². The van der Waals surface area contributed by atoms with Crippen LogP contribution in [-0.2, 0) is 23.9 Å². The minimum atomic E-state index is -1.23. The molecule has 0 heterocycles. The molecule has 0 saturated heterocycles. The highest BCUT2D eigenvalue weighted by molar-refractivity contribution is 5.87. The summed E-state index contributed by atoms with van der Waals surface area (Å²) in [6, 6.07) is 0. The number of hydrogen-bond acceptors (Lipinski definition) is 5. The van der Waals surface area contributed by atoms with Crippen LogP contribution in [0.5, 0.6) is 0 Å². The van der Waals surface area contributed by atoms with Crippen molar-refractivity contribution in [3.8, 4) is 0 Å². The van der Waals surface area contributed by atoms with Gasteiger partial charge in [-0.1, -0.05) is 0 Å². The van der Waals surface area contributed by atoms with Gasteiger partial charge in [0.15, 0.2) is 11.9 Å². The molecule has 0 spiro atoms. The SMILES string of the molecule is COCC(=O)OC(CC(=O)O)C(C)=O. The molecule has 14 heavy (non-hydrogen) atoms. The summed E-state index contributed by atoms with van der Waals surface area (Å²) in [5.74, 6) is -2.46. The van der Waals surface area contributed by atoms with Gasteiger partial charge in [-0.25, -0.2) is 4.79 Å². The topological polar surface area (TPSA) is 89.9 Å². The second-order valence-electron chi connectivity index (χ2n) is 2.62. The molecule has 1 unspecified atom stereocenters. The summed E-state index contributed by atoms with van der Waals surface area (Å²) in [4.78, 5) is 32.0. The third kappa shape index (κ3) is 5.26. The van der Waals surface area contributed by atoms with E-state index in [1.165, 1.54) is 7.11 Å². The molecule has 0 bridgehead atoms. The van der Waals surface area contributed by atoms with Crippen molar-refractivity contribution in [2.24, 2.45) is 0 Å². The first-order chi connectivity index (χ1) is 6.47. The van der Waals surface area contributed by atoms with E-state index >= 15 is 0 Å². The van der Waals surface area contributed by atoms with Crippen molar-refractivity contribution in [3.63, 3.8) is 0 Å². The van der Waals surface area contributed by atoms with Crippen molar-refractivity contribution in [2.45, 2.75) is 19.4 Å². The molecule has 0 radical (unpaired) electrons. The minimum Gasteiger partial charge on any atom is -0.481 e. The molecule has 0 saturated carbocycles. The highest BCUT2D eigenvalue weighted by atomic mass is 16.6. The number of ketones is 1. The Morgan fingerprint density at radius 1 is 1.36 bits per heavy atom. The van der Waals surface area contributed by atoms with E-state index in [0.717, 1.165) is 6.92 Å². The number of methoxy groups -OCH3 is 1. The standard InChI is InChI=1S/C8H12O6/c1-5(9)6(3-7(10)11)14-8(12)4-13-2/h6H,3-4H2,1-2H3,(H,10,11). The normalized spacial score (nSPS) is 11.9. The predicted molar refractivity (Wildman–Crippen MR) is 44.7 cm³/mol. The molecule has 0 aromatic heterocycles.